The maximum Gasteiger partial charge on any atom is 0.275 e. The van der Waals surface area contributed by atoms with Gasteiger partial charge in [-0.25, -0.2) is 8.42 Å². The molecule has 1 aromatic carbocycles. The predicted molar refractivity (Wildman–Crippen MR) is 79.8 cm³/mol. The number of carbonyl (C=O) groups excluding carboxylic acids is 1. The summed E-state index contributed by atoms with van der Waals surface area (Å²) in [6.45, 7) is 3.64. The molecule has 7 heteroatoms. The standard InChI is InChI=1S/C14H17N3O3S/c1-9-10(2)21(19,20)8-7-17(9)14(18)13-11-5-3-4-6-12(11)15-16-13/h3-6,9-10H,7-8H2,1-2H3,(H,15,16)/t9-,10-/m0/s1. The Hall–Kier alpha value is -1.89. The second-order valence-corrected chi connectivity index (χ2v) is 7.91. The van der Waals surface area contributed by atoms with Crippen molar-refractivity contribution in [3.05, 3.63) is 30.0 Å². The second-order valence-electron chi connectivity index (χ2n) is 5.43. The molecule has 1 fully saturated rings. The number of carbonyl (C=O) groups is 1. The molecule has 21 heavy (non-hydrogen) atoms. The van der Waals surface area contributed by atoms with Crippen LogP contribution in [-0.4, -0.2) is 53.0 Å². The van der Waals surface area contributed by atoms with Crippen molar-refractivity contribution in [2.45, 2.75) is 25.1 Å². The van der Waals surface area contributed by atoms with E-state index in [2.05, 4.69) is 10.2 Å². The molecule has 0 radical (unpaired) electrons. The highest BCUT2D eigenvalue weighted by atomic mass is 32.2. The Morgan fingerprint density at radius 3 is 2.81 bits per heavy atom. The molecule has 6 nitrogen and oxygen atoms in total. The molecule has 0 aliphatic carbocycles. The zero-order valence-corrected chi connectivity index (χ0v) is 12.7. The van der Waals surface area contributed by atoms with E-state index in [1.807, 2.05) is 24.3 Å². The third-order valence-corrected chi connectivity index (χ3v) is 6.57. The van der Waals surface area contributed by atoms with Crippen molar-refractivity contribution in [3.8, 4) is 0 Å². The van der Waals surface area contributed by atoms with Crippen molar-refractivity contribution >= 4 is 26.6 Å². The number of rotatable bonds is 1. The van der Waals surface area contributed by atoms with Gasteiger partial charge in [0.25, 0.3) is 5.91 Å². The van der Waals surface area contributed by atoms with E-state index in [0.29, 0.717) is 5.69 Å². The molecule has 1 amide bonds. The van der Waals surface area contributed by atoms with Crippen molar-refractivity contribution in [2.75, 3.05) is 12.3 Å². The Morgan fingerprint density at radius 2 is 2.05 bits per heavy atom. The van der Waals surface area contributed by atoms with Crippen LogP contribution in [-0.2, 0) is 9.84 Å². The van der Waals surface area contributed by atoms with Crippen LogP contribution in [0.2, 0.25) is 0 Å². The van der Waals surface area contributed by atoms with Crippen LogP contribution in [0.4, 0.5) is 0 Å². The van der Waals surface area contributed by atoms with Crippen LogP contribution in [0.3, 0.4) is 0 Å². The third kappa shape index (κ3) is 2.21. The van der Waals surface area contributed by atoms with Crippen molar-refractivity contribution in [2.24, 2.45) is 0 Å². The summed E-state index contributed by atoms with van der Waals surface area (Å²) in [7, 11) is -3.11. The van der Waals surface area contributed by atoms with Gasteiger partial charge in [-0.15, -0.1) is 0 Å². The summed E-state index contributed by atoms with van der Waals surface area (Å²) in [6, 6.07) is 7.05. The Morgan fingerprint density at radius 1 is 1.33 bits per heavy atom. The molecule has 0 saturated carbocycles. The van der Waals surface area contributed by atoms with Crippen LogP contribution < -0.4 is 0 Å². The van der Waals surface area contributed by atoms with Gasteiger partial charge in [-0.2, -0.15) is 5.10 Å². The van der Waals surface area contributed by atoms with Gasteiger partial charge >= 0.3 is 0 Å². The van der Waals surface area contributed by atoms with E-state index < -0.39 is 15.1 Å². The molecule has 0 spiro atoms. The average Bonchev–Trinajstić information content (AvgIpc) is 2.88. The second kappa shape index (κ2) is 4.84. The van der Waals surface area contributed by atoms with Crippen molar-refractivity contribution in [1.82, 2.24) is 15.1 Å². The number of aromatic nitrogens is 2. The molecule has 1 aromatic heterocycles. The number of hydrogen-bond acceptors (Lipinski definition) is 4. The van der Waals surface area contributed by atoms with Crippen LogP contribution in [0.25, 0.3) is 10.9 Å². The van der Waals surface area contributed by atoms with E-state index >= 15 is 0 Å². The van der Waals surface area contributed by atoms with Crippen LogP contribution in [0.5, 0.6) is 0 Å². The van der Waals surface area contributed by atoms with E-state index in [4.69, 9.17) is 0 Å². The van der Waals surface area contributed by atoms with Gasteiger partial charge in [0.15, 0.2) is 15.5 Å². The zero-order chi connectivity index (χ0) is 15.2. The number of aromatic amines is 1. The monoisotopic (exact) mass is 307 g/mol. The Labute approximate surface area is 123 Å². The Bertz CT molecular complexity index is 797. The van der Waals surface area contributed by atoms with E-state index in [1.165, 1.54) is 0 Å². The van der Waals surface area contributed by atoms with E-state index in [-0.39, 0.29) is 24.2 Å². The zero-order valence-electron chi connectivity index (χ0n) is 11.9. The van der Waals surface area contributed by atoms with Crippen molar-refractivity contribution in [1.29, 1.82) is 0 Å². The van der Waals surface area contributed by atoms with Gasteiger partial charge < -0.3 is 4.90 Å². The minimum absolute atomic E-state index is 0.00655. The van der Waals surface area contributed by atoms with Crippen molar-refractivity contribution < 1.29 is 13.2 Å². The van der Waals surface area contributed by atoms with Crippen molar-refractivity contribution in [3.63, 3.8) is 0 Å². The Kier molecular flexibility index (Phi) is 3.24. The molecular formula is C14H17N3O3S. The average molecular weight is 307 g/mol. The molecule has 0 bridgehead atoms. The fourth-order valence-electron chi connectivity index (χ4n) is 2.72. The molecule has 3 rings (SSSR count). The minimum atomic E-state index is -3.11. The number of nitrogens with one attached hydrogen (secondary N) is 1. The largest absolute Gasteiger partial charge is 0.332 e. The van der Waals surface area contributed by atoms with Crippen LogP contribution >= 0.6 is 0 Å². The minimum Gasteiger partial charge on any atom is -0.332 e. The highest BCUT2D eigenvalue weighted by Crippen LogP contribution is 2.23. The van der Waals surface area contributed by atoms with E-state index in [9.17, 15) is 13.2 Å². The fraction of sp³-hybridized carbons (Fsp3) is 0.429. The van der Waals surface area contributed by atoms with Gasteiger partial charge in [0.2, 0.25) is 0 Å². The quantitative estimate of drug-likeness (QED) is 0.858. The number of hydrogen-bond donors (Lipinski definition) is 1. The summed E-state index contributed by atoms with van der Waals surface area (Å²) in [5.41, 5.74) is 1.15. The molecule has 112 valence electrons. The number of benzene rings is 1. The lowest BCUT2D eigenvalue weighted by atomic mass is 10.1. The summed E-state index contributed by atoms with van der Waals surface area (Å²) < 4.78 is 23.8. The van der Waals surface area contributed by atoms with Crippen LogP contribution in [0.15, 0.2) is 24.3 Å². The maximum absolute atomic E-state index is 12.7. The maximum atomic E-state index is 12.7. The summed E-state index contributed by atoms with van der Waals surface area (Å²) in [4.78, 5) is 14.3. The van der Waals surface area contributed by atoms with Gasteiger partial charge in [-0.3, -0.25) is 9.89 Å². The normalized spacial score (nSPS) is 25.1. The Balaban J connectivity index is 1.96. The number of fused-ring (bicyclic) bond motifs is 1. The number of sulfone groups is 1. The smallest absolute Gasteiger partial charge is 0.275 e. The van der Waals surface area contributed by atoms with Gasteiger partial charge in [-0.05, 0) is 19.9 Å². The first-order valence-corrected chi connectivity index (χ1v) is 8.59. The highest BCUT2D eigenvalue weighted by molar-refractivity contribution is 7.92. The fourth-order valence-corrected chi connectivity index (χ4v) is 4.29. The molecule has 0 unspecified atom stereocenters. The molecule has 1 N–H and O–H groups in total. The summed E-state index contributed by atoms with van der Waals surface area (Å²) >= 11 is 0. The molecular weight excluding hydrogens is 290 g/mol. The lowest BCUT2D eigenvalue weighted by Gasteiger charge is -2.37. The summed E-state index contributed by atoms with van der Waals surface area (Å²) in [5.74, 6) is -0.214. The van der Waals surface area contributed by atoms with Gasteiger partial charge in [0, 0.05) is 18.0 Å². The SMILES string of the molecule is C[C@H]1[C@H](C)S(=O)(=O)CCN1C(=O)c1n[nH]c2ccccc12. The molecule has 1 saturated heterocycles. The third-order valence-electron chi connectivity index (χ3n) is 4.29. The van der Waals surface area contributed by atoms with Crippen LogP contribution in [0.1, 0.15) is 24.3 Å². The van der Waals surface area contributed by atoms with Gasteiger partial charge in [-0.1, -0.05) is 18.2 Å². The highest BCUT2D eigenvalue weighted by Gasteiger charge is 2.39. The molecule has 2 atom stereocenters. The molecule has 1 aliphatic heterocycles. The van der Waals surface area contributed by atoms with E-state index in [0.717, 1.165) is 10.9 Å². The van der Waals surface area contributed by atoms with Gasteiger partial charge in [0.1, 0.15) is 0 Å². The first-order chi connectivity index (χ1) is 9.92. The lowest BCUT2D eigenvalue weighted by molar-refractivity contribution is 0.0689. The number of H-pyrrole nitrogens is 1. The topological polar surface area (TPSA) is 83.1 Å². The number of amides is 1. The number of nitrogens with zero attached hydrogens (tertiary/aromatic N) is 2. The lowest BCUT2D eigenvalue weighted by Crippen LogP contribution is -2.54. The van der Waals surface area contributed by atoms with E-state index in [1.54, 1.807) is 18.7 Å². The van der Waals surface area contributed by atoms with Crippen LogP contribution in [0, 0.1) is 0 Å². The predicted octanol–water partition coefficient (Wildman–Crippen LogP) is 1.21. The molecule has 2 heterocycles. The first kappa shape index (κ1) is 14.1. The molecule has 2 aromatic rings. The molecule has 1 aliphatic rings. The summed E-state index contributed by atoms with van der Waals surface area (Å²) in [6.07, 6.45) is 0. The number of para-hydroxylation sites is 1. The first-order valence-electron chi connectivity index (χ1n) is 6.87. The summed E-state index contributed by atoms with van der Waals surface area (Å²) in [5, 5.41) is 7.14. The van der Waals surface area contributed by atoms with Gasteiger partial charge in [0.05, 0.1) is 16.5 Å².